The molecule has 0 saturated carbocycles. The first-order valence-corrected chi connectivity index (χ1v) is 6.63. The average molecular weight is 325 g/mol. The van der Waals surface area contributed by atoms with Crippen LogP contribution in [0.15, 0.2) is 15.5 Å². The molecule has 2 rings (SSSR count). The smallest absolute Gasteiger partial charge is 0.284 e. The predicted octanol–water partition coefficient (Wildman–Crippen LogP) is 0.329. The Hall–Kier alpha value is -1.81. The first-order chi connectivity index (χ1) is 9.11. The fourth-order valence-electron chi connectivity index (χ4n) is 1.84. The largest absolute Gasteiger partial charge is 0.378 e. The number of anilines is 1. The van der Waals surface area contributed by atoms with Crippen LogP contribution in [0.3, 0.4) is 0 Å². The van der Waals surface area contributed by atoms with Crippen molar-refractivity contribution in [3.05, 3.63) is 21.0 Å². The highest BCUT2D eigenvalue weighted by molar-refractivity contribution is 9.10. The number of nitrogens with zero attached hydrogens (tertiary/aromatic N) is 2. The van der Waals surface area contributed by atoms with E-state index in [1.165, 1.54) is 4.68 Å². The lowest BCUT2D eigenvalue weighted by Crippen LogP contribution is -2.42. The van der Waals surface area contributed by atoms with E-state index in [4.69, 9.17) is 6.42 Å². The number of terminal acetylenes is 1. The van der Waals surface area contributed by atoms with E-state index in [9.17, 15) is 9.59 Å². The summed E-state index contributed by atoms with van der Waals surface area (Å²) in [6.45, 7) is 0.677. The van der Waals surface area contributed by atoms with Gasteiger partial charge in [0.05, 0.1) is 11.9 Å². The standard InChI is InChI=1S/C12H13BrN4O2/c1-2-5-17-12(19)11(13)9(7-15-17)16-8-3-4-10(18)14-6-8/h1,7-8,16H,3-6H2,(H,14,18). The summed E-state index contributed by atoms with van der Waals surface area (Å²) in [7, 11) is 0. The Bertz CT molecular complexity index is 580. The predicted molar refractivity (Wildman–Crippen MR) is 74.7 cm³/mol. The number of piperidine rings is 1. The van der Waals surface area contributed by atoms with Crippen LogP contribution in [0, 0.1) is 12.3 Å². The zero-order valence-electron chi connectivity index (χ0n) is 10.1. The number of aromatic nitrogens is 2. The molecule has 19 heavy (non-hydrogen) atoms. The molecular weight excluding hydrogens is 312 g/mol. The molecule has 0 spiro atoms. The quantitative estimate of drug-likeness (QED) is 0.786. The number of hydrogen-bond donors (Lipinski definition) is 2. The molecule has 1 aromatic rings. The summed E-state index contributed by atoms with van der Waals surface area (Å²) in [6.07, 6.45) is 7.92. The lowest BCUT2D eigenvalue weighted by atomic mass is 10.1. The second-order valence-electron chi connectivity index (χ2n) is 4.22. The molecule has 1 atom stereocenters. The third-order valence-corrected chi connectivity index (χ3v) is 3.62. The second kappa shape index (κ2) is 5.89. The molecule has 1 amide bonds. The Morgan fingerprint density at radius 2 is 2.42 bits per heavy atom. The molecule has 0 bridgehead atoms. The van der Waals surface area contributed by atoms with E-state index >= 15 is 0 Å². The topological polar surface area (TPSA) is 76.0 Å². The van der Waals surface area contributed by atoms with Gasteiger partial charge in [0.1, 0.15) is 11.0 Å². The second-order valence-corrected chi connectivity index (χ2v) is 5.02. The SMILES string of the molecule is C#CCn1ncc(NC2CCC(=O)NC2)c(Br)c1=O. The van der Waals surface area contributed by atoms with Crippen LogP contribution in [0.5, 0.6) is 0 Å². The molecule has 1 unspecified atom stereocenters. The van der Waals surface area contributed by atoms with Crippen molar-refractivity contribution in [3.63, 3.8) is 0 Å². The molecule has 6 nitrogen and oxygen atoms in total. The van der Waals surface area contributed by atoms with E-state index in [1.54, 1.807) is 6.20 Å². The van der Waals surface area contributed by atoms with Crippen LogP contribution >= 0.6 is 15.9 Å². The Labute approximate surface area is 118 Å². The van der Waals surface area contributed by atoms with Crippen molar-refractivity contribution in [1.82, 2.24) is 15.1 Å². The lowest BCUT2D eigenvalue weighted by Gasteiger charge is -2.24. The maximum Gasteiger partial charge on any atom is 0.284 e. The van der Waals surface area contributed by atoms with Gasteiger partial charge in [-0.3, -0.25) is 9.59 Å². The Morgan fingerprint density at radius 3 is 3.05 bits per heavy atom. The minimum absolute atomic E-state index is 0.0553. The summed E-state index contributed by atoms with van der Waals surface area (Å²) in [5.41, 5.74) is 0.335. The summed E-state index contributed by atoms with van der Waals surface area (Å²) in [5.74, 6) is 2.42. The summed E-state index contributed by atoms with van der Waals surface area (Å²) < 4.78 is 1.60. The van der Waals surface area contributed by atoms with Gasteiger partial charge in [-0.05, 0) is 22.4 Å². The first-order valence-electron chi connectivity index (χ1n) is 5.84. The van der Waals surface area contributed by atoms with Gasteiger partial charge in [-0.15, -0.1) is 6.42 Å². The highest BCUT2D eigenvalue weighted by Gasteiger charge is 2.19. The number of carbonyl (C=O) groups is 1. The molecule has 1 aromatic heterocycles. The Kier molecular flexibility index (Phi) is 4.22. The van der Waals surface area contributed by atoms with Crippen LogP contribution < -0.4 is 16.2 Å². The molecule has 2 heterocycles. The van der Waals surface area contributed by atoms with Crippen LogP contribution in [0.1, 0.15) is 12.8 Å². The monoisotopic (exact) mass is 324 g/mol. The van der Waals surface area contributed by atoms with Crippen molar-refractivity contribution < 1.29 is 4.79 Å². The summed E-state index contributed by atoms with van der Waals surface area (Å²) >= 11 is 3.25. The van der Waals surface area contributed by atoms with Crippen LogP contribution in [-0.2, 0) is 11.3 Å². The highest BCUT2D eigenvalue weighted by atomic mass is 79.9. The zero-order valence-corrected chi connectivity index (χ0v) is 11.7. The first kappa shape index (κ1) is 13.6. The minimum Gasteiger partial charge on any atom is -0.378 e. The molecule has 1 aliphatic rings. The summed E-state index contributed by atoms with van der Waals surface area (Å²) in [5, 5.41) is 9.95. The molecule has 1 aliphatic heterocycles. The van der Waals surface area contributed by atoms with Crippen molar-refractivity contribution in [3.8, 4) is 12.3 Å². The van der Waals surface area contributed by atoms with E-state index in [1.807, 2.05) is 0 Å². The van der Waals surface area contributed by atoms with Crippen molar-refractivity contribution in [2.24, 2.45) is 0 Å². The van der Waals surface area contributed by atoms with E-state index in [2.05, 4.69) is 37.6 Å². The lowest BCUT2D eigenvalue weighted by molar-refractivity contribution is -0.122. The van der Waals surface area contributed by atoms with Crippen molar-refractivity contribution in [1.29, 1.82) is 0 Å². The van der Waals surface area contributed by atoms with E-state index in [0.717, 1.165) is 6.42 Å². The number of carbonyl (C=O) groups excluding carboxylic acids is 1. The normalized spacial score (nSPS) is 18.5. The molecule has 0 radical (unpaired) electrons. The van der Waals surface area contributed by atoms with Gasteiger partial charge < -0.3 is 10.6 Å². The molecular formula is C12H13BrN4O2. The Balaban J connectivity index is 2.13. The summed E-state index contributed by atoms with van der Waals surface area (Å²) in [4.78, 5) is 23.0. The van der Waals surface area contributed by atoms with Crippen LogP contribution in [0.25, 0.3) is 0 Å². The van der Waals surface area contributed by atoms with Crippen molar-refractivity contribution >= 4 is 27.5 Å². The maximum atomic E-state index is 11.9. The maximum absolute atomic E-state index is 11.9. The van der Waals surface area contributed by atoms with Gasteiger partial charge in [0, 0.05) is 19.0 Å². The van der Waals surface area contributed by atoms with Gasteiger partial charge in [0.2, 0.25) is 5.91 Å². The van der Waals surface area contributed by atoms with Crippen molar-refractivity contribution in [2.75, 3.05) is 11.9 Å². The van der Waals surface area contributed by atoms with Gasteiger partial charge >= 0.3 is 0 Å². The van der Waals surface area contributed by atoms with Gasteiger partial charge in [-0.25, -0.2) is 4.68 Å². The summed E-state index contributed by atoms with van der Waals surface area (Å²) in [6, 6.07) is 0.0960. The van der Waals surface area contributed by atoms with Gasteiger partial charge in [-0.2, -0.15) is 5.10 Å². The minimum atomic E-state index is -0.275. The fraction of sp³-hybridized carbons (Fsp3) is 0.417. The van der Waals surface area contributed by atoms with E-state index < -0.39 is 0 Å². The van der Waals surface area contributed by atoms with E-state index in [-0.39, 0.29) is 24.1 Å². The third kappa shape index (κ3) is 3.15. The molecule has 1 fully saturated rings. The molecule has 1 saturated heterocycles. The van der Waals surface area contributed by atoms with Crippen molar-refractivity contribution in [2.45, 2.75) is 25.4 Å². The van der Waals surface area contributed by atoms with Gasteiger partial charge in [-0.1, -0.05) is 5.92 Å². The molecule has 0 aliphatic carbocycles. The zero-order chi connectivity index (χ0) is 13.8. The van der Waals surface area contributed by atoms with Gasteiger partial charge in [0.25, 0.3) is 5.56 Å². The van der Waals surface area contributed by atoms with E-state index in [0.29, 0.717) is 23.1 Å². The number of nitrogens with one attached hydrogen (secondary N) is 2. The number of rotatable bonds is 3. The number of hydrogen-bond acceptors (Lipinski definition) is 4. The number of amides is 1. The van der Waals surface area contributed by atoms with Crippen LogP contribution in [-0.4, -0.2) is 28.3 Å². The third-order valence-electron chi connectivity index (χ3n) is 2.85. The average Bonchev–Trinajstić information content (AvgIpc) is 2.41. The number of halogens is 1. The highest BCUT2D eigenvalue weighted by Crippen LogP contribution is 2.19. The Morgan fingerprint density at radius 1 is 1.63 bits per heavy atom. The van der Waals surface area contributed by atoms with Gasteiger partial charge in [0.15, 0.2) is 0 Å². The van der Waals surface area contributed by atoms with Crippen LogP contribution in [0.4, 0.5) is 5.69 Å². The van der Waals surface area contributed by atoms with Crippen LogP contribution in [0.2, 0.25) is 0 Å². The molecule has 7 heteroatoms. The fourth-order valence-corrected chi connectivity index (χ4v) is 2.26. The molecule has 100 valence electrons. The molecule has 0 aromatic carbocycles. The molecule has 2 N–H and O–H groups in total.